The van der Waals surface area contributed by atoms with Crippen molar-refractivity contribution < 1.29 is 9.47 Å². The quantitative estimate of drug-likeness (QED) is 0.723. The molecular formula is C20H33N3O2. The molecule has 1 saturated heterocycles. The average Bonchev–Trinajstić information content (AvgIpc) is 2.67. The number of pyridine rings is 1. The Bertz CT molecular complexity index is 528. The maximum absolute atomic E-state index is 6.27. The zero-order chi connectivity index (χ0) is 17.5. The molecule has 5 heteroatoms. The SMILES string of the molecule is CCC(CC)Oc1ccnc2c1CN(CCCN1CCOCC1)CC2. The lowest BCUT2D eigenvalue weighted by atomic mass is 10.0. The maximum atomic E-state index is 6.27. The molecule has 5 nitrogen and oxygen atoms in total. The molecule has 1 aromatic heterocycles. The minimum absolute atomic E-state index is 0.309. The van der Waals surface area contributed by atoms with Crippen molar-refractivity contribution in [3.05, 3.63) is 23.5 Å². The summed E-state index contributed by atoms with van der Waals surface area (Å²) in [6.45, 7) is 12.7. The Labute approximate surface area is 152 Å². The van der Waals surface area contributed by atoms with Crippen LogP contribution in [0.25, 0.3) is 0 Å². The summed E-state index contributed by atoms with van der Waals surface area (Å²) in [6, 6.07) is 2.05. The van der Waals surface area contributed by atoms with E-state index >= 15 is 0 Å². The minimum atomic E-state index is 0.309. The van der Waals surface area contributed by atoms with Gasteiger partial charge in [0.05, 0.1) is 19.3 Å². The third-order valence-corrected chi connectivity index (χ3v) is 5.41. The van der Waals surface area contributed by atoms with Gasteiger partial charge in [0, 0.05) is 50.1 Å². The molecular weight excluding hydrogens is 314 g/mol. The van der Waals surface area contributed by atoms with Crippen molar-refractivity contribution in [3.63, 3.8) is 0 Å². The number of ether oxygens (including phenoxy) is 2. The topological polar surface area (TPSA) is 37.8 Å². The van der Waals surface area contributed by atoms with Crippen molar-refractivity contribution >= 4 is 0 Å². The van der Waals surface area contributed by atoms with Crippen molar-refractivity contribution in [1.82, 2.24) is 14.8 Å². The highest BCUT2D eigenvalue weighted by molar-refractivity contribution is 5.37. The monoisotopic (exact) mass is 347 g/mol. The van der Waals surface area contributed by atoms with Gasteiger partial charge in [-0.05, 0) is 38.4 Å². The van der Waals surface area contributed by atoms with Crippen LogP contribution in [0, 0.1) is 0 Å². The molecule has 3 heterocycles. The van der Waals surface area contributed by atoms with Crippen LogP contribution in [-0.2, 0) is 17.7 Å². The normalized spacial score (nSPS) is 19.2. The minimum Gasteiger partial charge on any atom is -0.490 e. The molecule has 0 bridgehead atoms. The highest BCUT2D eigenvalue weighted by Gasteiger charge is 2.22. The summed E-state index contributed by atoms with van der Waals surface area (Å²) in [5.74, 6) is 1.05. The molecule has 0 amide bonds. The molecule has 2 aliphatic rings. The van der Waals surface area contributed by atoms with Gasteiger partial charge in [-0.1, -0.05) is 13.8 Å². The first kappa shape index (κ1) is 18.6. The van der Waals surface area contributed by atoms with Crippen LogP contribution in [0.15, 0.2) is 12.3 Å². The van der Waals surface area contributed by atoms with E-state index in [1.54, 1.807) is 0 Å². The molecule has 1 aromatic rings. The first-order chi connectivity index (χ1) is 12.3. The first-order valence-corrected chi connectivity index (χ1v) is 9.96. The lowest BCUT2D eigenvalue weighted by molar-refractivity contribution is 0.0359. The van der Waals surface area contributed by atoms with Crippen molar-refractivity contribution in [3.8, 4) is 5.75 Å². The third kappa shape index (κ3) is 5.16. The van der Waals surface area contributed by atoms with E-state index in [2.05, 4.69) is 28.6 Å². The van der Waals surface area contributed by atoms with Gasteiger partial charge in [-0.25, -0.2) is 0 Å². The lowest BCUT2D eigenvalue weighted by Crippen LogP contribution is -2.39. The van der Waals surface area contributed by atoms with Gasteiger partial charge in [0.15, 0.2) is 0 Å². The number of rotatable bonds is 8. The molecule has 0 N–H and O–H groups in total. The zero-order valence-electron chi connectivity index (χ0n) is 15.9. The van der Waals surface area contributed by atoms with E-state index in [1.165, 1.54) is 24.2 Å². The molecule has 0 atom stereocenters. The smallest absolute Gasteiger partial charge is 0.127 e. The fourth-order valence-corrected chi connectivity index (χ4v) is 3.75. The van der Waals surface area contributed by atoms with Gasteiger partial charge < -0.3 is 9.47 Å². The fourth-order valence-electron chi connectivity index (χ4n) is 3.75. The van der Waals surface area contributed by atoms with Crippen molar-refractivity contribution in [2.24, 2.45) is 0 Å². The predicted octanol–water partition coefficient (Wildman–Crippen LogP) is 2.73. The fraction of sp³-hybridized carbons (Fsp3) is 0.750. The zero-order valence-corrected chi connectivity index (χ0v) is 15.9. The number of morpholine rings is 1. The van der Waals surface area contributed by atoms with Gasteiger partial charge in [-0.2, -0.15) is 0 Å². The number of nitrogens with zero attached hydrogens (tertiary/aromatic N) is 3. The third-order valence-electron chi connectivity index (χ3n) is 5.41. The van der Waals surface area contributed by atoms with Gasteiger partial charge >= 0.3 is 0 Å². The number of hydrogen-bond donors (Lipinski definition) is 0. The number of hydrogen-bond acceptors (Lipinski definition) is 5. The largest absolute Gasteiger partial charge is 0.490 e. The van der Waals surface area contributed by atoms with Crippen LogP contribution in [0.4, 0.5) is 0 Å². The van der Waals surface area contributed by atoms with E-state index < -0.39 is 0 Å². The van der Waals surface area contributed by atoms with Gasteiger partial charge in [0.25, 0.3) is 0 Å². The molecule has 0 aromatic carbocycles. The second kappa shape index (κ2) is 9.51. The molecule has 3 rings (SSSR count). The molecule has 2 aliphatic heterocycles. The highest BCUT2D eigenvalue weighted by atomic mass is 16.5. The Balaban J connectivity index is 1.54. The molecule has 0 aliphatic carbocycles. The van der Waals surface area contributed by atoms with Crippen LogP contribution in [0.2, 0.25) is 0 Å². The molecule has 0 radical (unpaired) electrons. The number of fused-ring (bicyclic) bond motifs is 1. The summed E-state index contributed by atoms with van der Waals surface area (Å²) in [6.07, 6.45) is 6.58. The summed E-state index contributed by atoms with van der Waals surface area (Å²) in [4.78, 5) is 9.68. The summed E-state index contributed by atoms with van der Waals surface area (Å²) in [5, 5.41) is 0. The molecule has 1 fully saturated rings. The summed E-state index contributed by atoms with van der Waals surface area (Å²) < 4.78 is 11.7. The van der Waals surface area contributed by atoms with Crippen LogP contribution in [0.1, 0.15) is 44.4 Å². The van der Waals surface area contributed by atoms with Crippen molar-refractivity contribution in [1.29, 1.82) is 0 Å². The summed E-state index contributed by atoms with van der Waals surface area (Å²) in [7, 11) is 0. The molecule has 140 valence electrons. The predicted molar refractivity (Wildman–Crippen MR) is 100 cm³/mol. The molecule has 0 unspecified atom stereocenters. The highest BCUT2D eigenvalue weighted by Crippen LogP contribution is 2.28. The second-order valence-electron chi connectivity index (χ2n) is 7.12. The Kier molecular flexibility index (Phi) is 7.08. The Morgan fingerprint density at radius 1 is 1.12 bits per heavy atom. The standard InChI is InChI=1S/C20H33N3O2/c1-3-17(4-2)25-20-6-8-21-19-7-11-23(16-18(19)20)10-5-9-22-12-14-24-15-13-22/h6,8,17H,3-5,7,9-16H2,1-2H3. The van der Waals surface area contributed by atoms with Crippen LogP contribution in [-0.4, -0.2) is 66.8 Å². The van der Waals surface area contributed by atoms with Crippen LogP contribution >= 0.6 is 0 Å². The van der Waals surface area contributed by atoms with Gasteiger partial charge in [0.1, 0.15) is 5.75 Å². The van der Waals surface area contributed by atoms with Crippen molar-refractivity contribution in [2.75, 3.05) is 45.9 Å². The van der Waals surface area contributed by atoms with Gasteiger partial charge in [0.2, 0.25) is 0 Å². The maximum Gasteiger partial charge on any atom is 0.127 e. The second-order valence-corrected chi connectivity index (χ2v) is 7.12. The Morgan fingerprint density at radius 3 is 2.64 bits per heavy atom. The van der Waals surface area contributed by atoms with Gasteiger partial charge in [-0.3, -0.25) is 14.8 Å². The molecule has 25 heavy (non-hydrogen) atoms. The summed E-state index contributed by atoms with van der Waals surface area (Å²) in [5.41, 5.74) is 2.54. The van der Waals surface area contributed by atoms with Crippen LogP contribution < -0.4 is 4.74 Å². The van der Waals surface area contributed by atoms with E-state index in [1.807, 2.05) is 12.3 Å². The van der Waals surface area contributed by atoms with E-state index in [0.717, 1.165) is 70.9 Å². The van der Waals surface area contributed by atoms with E-state index in [0.29, 0.717) is 6.10 Å². The van der Waals surface area contributed by atoms with E-state index in [-0.39, 0.29) is 0 Å². The van der Waals surface area contributed by atoms with Crippen LogP contribution in [0.5, 0.6) is 5.75 Å². The lowest BCUT2D eigenvalue weighted by Gasteiger charge is -2.31. The number of aromatic nitrogens is 1. The summed E-state index contributed by atoms with van der Waals surface area (Å²) >= 11 is 0. The van der Waals surface area contributed by atoms with Crippen LogP contribution in [0.3, 0.4) is 0 Å². The first-order valence-electron chi connectivity index (χ1n) is 9.96. The Hall–Kier alpha value is -1.17. The van der Waals surface area contributed by atoms with Crippen molar-refractivity contribution in [2.45, 2.75) is 52.2 Å². The van der Waals surface area contributed by atoms with E-state index in [4.69, 9.17) is 9.47 Å². The Morgan fingerprint density at radius 2 is 1.88 bits per heavy atom. The van der Waals surface area contributed by atoms with E-state index in [9.17, 15) is 0 Å². The molecule has 0 saturated carbocycles. The molecule has 0 spiro atoms. The average molecular weight is 348 g/mol. The van der Waals surface area contributed by atoms with Gasteiger partial charge in [-0.15, -0.1) is 0 Å².